The third-order valence-electron chi connectivity index (χ3n) is 1.76. The largest absolute Gasteiger partial charge is 0.484 e. The number of ether oxygens (including phenoxy) is 2. The summed E-state index contributed by atoms with van der Waals surface area (Å²) in [6.07, 6.45) is 1.57. The van der Waals surface area contributed by atoms with Crippen LogP contribution in [0.15, 0.2) is 6.20 Å². The van der Waals surface area contributed by atoms with Crippen LogP contribution in [0.4, 0.5) is 0 Å². The number of fused-ring (bicyclic) bond motifs is 1. The van der Waals surface area contributed by atoms with Crippen molar-refractivity contribution in [2.45, 2.75) is 6.92 Å². The van der Waals surface area contributed by atoms with Crippen molar-refractivity contribution in [2.75, 3.05) is 13.2 Å². The molecule has 12 heavy (non-hydrogen) atoms. The molecule has 0 amide bonds. The first-order chi connectivity index (χ1) is 5.79. The zero-order valence-corrected chi connectivity index (χ0v) is 7.39. The molecule has 4 heteroatoms. The molecule has 0 unspecified atom stereocenters. The molecular formula is C8H8ClNO2. The van der Waals surface area contributed by atoms with E-state index in [0.717, 1.165) is 5.56 Å². The number of hydrogen-bond donors (Lipinski definition) is 0. The minimum atomic E-state index is 0.545. The van der Waals surface area contributed by atoms with Gasteiger partial charge >= 0.3 is 0 Å². The summed E-state index contributed by atoms with van der Waals surface area (Å²) >= 11 is 5.85. The van der Waals surface area contributed by atoms with Gasteiger partial charge in [-0.05, 0) is 6.92 Å². The lowest BCUT2D eigenvalue weighted by Gasteiger charge is -2.18. The zero-order chi connectivity index (χ0) is 8.55. The third kappa shape index (κ3) is 1.10. The van der Waals surface area contributed by atoms with Crippen LogP contribution >= 0.6 is 11.6 Å². The first-order valence-corrected chi connectivity index (χ1v) is 4.07. The normalized spacial score (nSPS) is 14.5. The van der Waals surface area contributed by atoms with Crippen LogP contribution < -0.4 is 9.47 Å². The van der Waals surface area contributed by atoms with E-state index in [1.807, 2.05) is 6.92 Å². The van der Waals surface area contributed by atoms with Crippen molar-refractivity contribution >= 4 is 11.6 Å². The molecule has 0 radical (unpaired) electrons. The molecular weight excluding hydrogens is 178 g/mol. The van der Waals surface area contributed by atoms with E-state index < -0.39 is 0 Å². The standard InChI is InChI=1S/C8H8ClNO2/c1-5-6(9)4-10-8-7(5)11-2-3-12-8/h4H,2-3H2,1H3. The van der Waals surface area contributed by atoms with Crippen LogP contribution in [0, 0.1) is 6.92 Å². The van der Waals surface area contributed by atoms with Crippen LogP contribution in [0.2, 0.25) is 5.02 Å². The predicted octanol–water partition coefficient (Wildman–Crippen LogP) is 1.81. The van der Waals surface area contributed by atoms with Gasteiger partial charge < -0.3 is 9.47 Å². The molecule has 2 heterocycles. The molecule has 1 aromatic rings. The lowest BCUT2D eigenvalue weighted by atomic mass is 10.2. The van der Waals surface area contributed by atoms with Gasteiger partial charge in [-0.2, -0.15) is 0 Å². The number of pyridine rings is 1. The maximum absolute atomic E-state index is 5.85. The monoisotopic (exact) mass is 185 g/mol. The molecule has 1 aliphatic heterocycles. The van der Waals surface area contributed by atoms with E-state index in [0.29, 0.717) is 29.9 Å². The van der Waals surface area contributed by atoms with E-state index >= 15 is 0 Å². The number of rotatable bonds is 0. The van der Waals surface area contributed by atoms with E-state index in [-0.39, 0.29) is 0 Å². The smallest absolute Gasteiger partial charge is 0.257 e. The Morgan fingerprint density at radius 3 is 3.00 bits per heavy atom. The Morgan fingerprint density at radius 2 is 2.17 bits per heavy atom. The highest BCUT2D eigenvalue weighted by Gasteiger charge is 2.16. The average molecular weight is 186 g/mol. The minimum absolute atomic E-state index is 0.545. The molecule has 2 rings (SSSR count). The number of hydrogen-bond acceptors (Lipinski definition) is 3. The fourth-order valence-corrected chi connectivity index (χ4v) is 1.23. The number of nitrogens with zero attached hydrogens (tertiary/aromatic N) is 1. The molecule has 0 atom stereocenters. The molecule has 0 saturated heterocycles. The van der Waals surface area contributed by atoms with Crippen LogP contribution in [0.25, 0.3) is 0 Å². The van der Waals surface area contributed by atoms with E-state index in [9.17, 15) is 0 Å². The maximum atomic E-state index is 5.85. The quantitative estimate of drug-likeness (QED) is 0.618. The van der Waals surface area contributed by atoms with Gasteiger partial charge in [0.05, 0.1) is 11.2 Å². The van der Waals surface area contributed by atoms with Crippen molar-refractivity contribution in [1.29, 1.82) is 0 Å². The topological polar surface area (TPSA) is 31.4 Å². The van der Waals surface area contributed by atoms with E-state index in [1.54, 1.807) is 6.20 Å². The second kappa shape index (κ2) is 2.83. The van der Waals surface area contributed by atoms with Crippen LogP contribution in [-0.4, -0.2) is 18.2 Å². The van der Waals surface area contributed by atoms with E-state index in [4.69, 9.17) is 21.1 Å². The molecule has 0 saturated carbocycles. The van der Waals surface area contributed by atoms with Gasteiger partial charge in [-0.25, -0.2) is 4.98 Å². The Bertz CT molecular complexity index is 314. The Kier molecular flexibility index (Phi) is 1.81. The molecule has 0 spiro atoms. The molecule has 0 bridgehead atoms. The summed E-state index contributed by atoms with van der Waals surface area (Å²) in [5, 5.41) is 0.610. The Labute approximate surface area is 75.3 Å². The number of aromatic nitrogens is 1. The molecule has 0 aromatic carbocycles. The Morgan fingerprint density at radius 1 is 1.42 bits per heavy atom. The van der Waals surface area contributed by atoms with Crippen molar-refractivity contribution < 1.29 is 9.47 Å². The predicted molar refractivity (Wildman–Crippen MR) is 45.0 cm³/mol. The summed E-state index contributed by atoms with van der Waals surface area (Å²) in [6.45, 7) is 3.01. The van der Waals surface area contributed by atoms with Gasteiger partial charge in [0.2, 0.25) is 0 Å². The highest BCUT2D eigenvalue weighted by molar-refractivity contribution is 6.31. The molecule has 1 aliphatic rings. The van der Waals surface area contributed by atoms with Crippen LogP contribution in [0.1, 0.15) is 5.56 Å². The van der Waals surface area contributed by atoms with Crippen LogP contribution in [-0.2, 0) is 0 Å². The van der Waals surface area contributed by atoms with Gasteiger partial charge in [0.25, 0.3) is 5.88 Å². The highest BCUT2D eigenvalue weighted by atomic mass is 35.5. The third-order valence-corrected chi connectivity index (χ3v) is 2.14. The average Bonchev–Trinajstić information content (AvgIpc) is 2.12. The summed E-state index contributed by atoms with van der Waals surface area (Å²) < 4.78 is 10.6. The van der Waals surface area contributed by atoms with Crippen molar-refractivity contribution in [1.82, 2.24) is 4.98 Å². The van der Waals surface area contributed by atoms with Gasteiger partial charge in [-0.15, -0.1) is 0 Å². The summed E-state index contributed by atoms with van der Waals surface area (Å²) in [4.78, 5) is 4.00. The summed E-state index contributed by atoms with van der Waals surface area (Å²) in [5.41, 5.74) is 0.890. The van der Waals surface area contributed by atoms with Gasteiger partial charge in [-0.1, -0.05) is 11.6 Å². The number of halogens is 1. The van der Waals surface area contributed by atoms with Crippen LogP contribution in [0.3, 0.4) is 0 Å². The van der Waals surface area contributed by atoms with Gasteiger partial charge in [0.15, 0.2) is 5.75 Å². The van der Waals surface area contributed by atoms with Crippen molar-refractivity contribution in [3.63, 3.8) is 0 Å². The lowest BCUT2D eigenvalue weighted by molar-refractivity contribution is 0.163. The summed E-state index contributed by atoms with van der Waals surface area (Å²) in [5.74, 6) is 1.22. The van der Waals surface area contributed by atoms with Gasteiger partial charge in [0, 0.05) is 5.56 Å². The maximum Gasteiger partial charge on any atom is 0.257 e. The molecule has 64 valence electrons. The second-order valence-corrected chi connectivity index (χ2v) is 2.97. The van der Waals surface area contributed by atoms with Gasteiger partial charge in [0.1, 0.15) is 13.2 Å². The van der Waals surface area contributed by atoms with Gasteiger partial charge in [-0.3, -0.25) is 0 Å². The SMILES string of the molecule is Cc1c(Cl)cnc2c1OCCO2. The Balaban J connectivity index is 2.54. The summed E-state index contributed by atoms with van der Waals surface area (Å²) in [7, 11) is 0. The second-order valence-electron chi connectivity index (χ2n) is 2.56. The molecule has 0 N–H and O–H groups in total. The molecule has 1 aromatic heterocycles. The van der Waals surface area contributed by atoms with E-state index in [1.165, 1.54) is 0 Å². The highest BCUT2D eigenvalue weighted by Crippen LogP contribution is 2.34. The fraction of sp³-hybridized carbons (Fsp3) is 0.375. The van der Waals surface area contributed by atoms with Crippen LogP contribution in [0.5, 0.6) is 11.6 Å². The summed E-state index contributed by atoms with van der Waals surface area (Å²) in [6, 6.07) is 0. The first kappa shape index (κ1) is 7.68. The van der Waals surface area contributed by atoms with E-state index in [2.05, 4.69) is 4.98 Å². The molecule has 3 nitrogen and oxygen atoms in total. The van der Waals surface area contributed by atoms with Crippen molar-refractivity contribution in [3.05, 3.63) is 16.8 Å². The zero-order valence-electron chi connectivity index (χ0n) is 6.63. The van der Waals surface area contributed by atoms with Crippen molar-refractivity contribution in [2.24, 2.45) is 0 Å². The van der Waals surface area contributed by atoms with Crippen molar-refractivity contribution in [3.8, 4) is 11.6 Å². The Hall–Kier alpha value is -0.960. The lowest BCUT2D eigenvalue weighted by Crippen LogP contribution is -2.17. The first-order valence-electron chi connectivity index (χ1n) is 3.70. The minimum Gasteiger partial charge on any atom is -0.484 e. The fourth-order valence-electron chi connectivity index (χ4n) is 1.09. The molecule has 0 aliphatic carbocycles. The molecule has 0 fully saturated rings.